The van der Waals surface area contributed by atoms with Crippen LogP contribution in [0, 0.1) is 23.1 Å². The first-order chi connectivity index (χ1) is 19.1. The third-order valence-corrected chi connectivity index (χ3v) is 6.52. The molecule has 0 aliphatic rings. The van der Waals surface area contributed by atoms with Gasteiger partial charge in [-0.3, -0.25) is 9.48 Å². The van der Waals surface area contributed by atoms with Crippen LogP contribution in [-0.4, -0.2) is 32.4 Å². The molecule has 2 aromatic heterocycles. The number of esters is 1. The van der Waals surface area contributed by atoms with Gasteiger partial charge in [-0.15, -0.1) is 0 Å². The van der Waals surface area contributed by atoms with Gasteiger partial charge in [0, 0.05) is 23.7 Å². The van der Waals surface area contributed by atoms with Crippen molar-refractivity contribution in [2.45, 2.75) is 65.6 Å². The van der Waals surface area contributed by atoms with Crippen LogP contribution in [0.1, 0.15) is 52.2 Å². The van der Waals surface area contributed by atoms with E-state index in [-0.39, 0.29) is 41.5 Å². The van der Waals surface area contributed by atoms with E-state index in [1.807, 2.05) is 93.9 Å². The fourth-order valence-corrected chi connectivity index (χ4v) is 4.55. The van der Waals surface area contributed by atoms with Crippen LogP contribution in [0.15, 0.2) is 60.8 Å². The molecule has 0 saturated carbocycles. The average Bonchev–Trinajstić information content (AvgIpc) is 3.31. The molecule has 9 heteroatoms. The van der Waals surface area contributed by atoms with E-state index >= 15 is 4.39 Å². The molecule has 0 spiro atoms. The number of nitriles is 1. The smallest absolute Gasteiger partial charge is 0.306 e. The molecule has 0 aliphatic carbocycles. The lowest BCUT2D eigenvalue weighted by atomic mass is 9.92. The highest BCUT2D eigenvalue weighted by Crippen LogP contribution is 2.28. The Labute approximate surface area is 234 Å². The Morgan fingerprint density at radius 3 is 2.58 bits per heavy atom. The SMILES string of the molecule is CCn1ncc2cc(Nc3nc(N[C@H](Cc4ccccc4)[C@H](C)CC(=O)OC(C)(C)C)c(F)cc3C#N)ccc21. The number of benzene rings is 2. The van der Waals surface area contributed by atoms with Crippen LogP contribution in [0.25, 0.3) is 10.9 Å². The van der Waals surface area contributed by atoms with Gasteiger partial charge in [-0.05, 0) is 69.9 Å². The molecule has 208 valence electrons. The average molecular weight is 543 g/mol. The summed E-state index contributed by atoms with van der Waals surface area (Å²) >= 11 is 0. The Balaban J connectivity index is 1.62. The number of carbonyl (C=O) groups excluding carboxylic acids is 1. The monoisotopic (exact) mass is 542 g/mol. The van der Waals surface area contributed by atoms with Crippen molar-refractivity contribution >= 4 is 34.2 Å². The molecule has 0 unspecified atom stereocenters. The number of nitrogens with zero attached hydrogens (tertiary/aromatic N) is 4. The van der Waals surface area contributed by atoms with Crippen molar-refractivity contribution < 1.29 is 13.9 Å². The summed E-state index contributed by atoms with van der Waals surface area (Å²) in [7, 11) is 0. The normalized spacial score (nSPS) is 12.9. The third kappa shape index (κ3) is 7.14. The molecule has 8 nitrogen and oxygen atoms in total. The maximum Gasteiger partial charge on any atom is 0.306 e. The van der Waals surface area contributed by atoms with Crippen LogP contribution >= 0.6 is 0 Å². The van der Waals surface area contributed by atoms with Crippen molar-refractivity contribution in [3.63, 3.8) is 0 Å². The van der Waals surface area contributed by atoms with E-state index in [1.54, 1.807) is 6.20 Å². The number of ether oxygens (including phenoxy) is 1. The Morgan fingerprint density at radius 2 is 1.90 bits per heavy atom. The highest BCUT2D eigenvalue weighted by atomic mass is 19.1. The molecule has 40 heavy (non-hydrogen) atoms. The molecule has 0 aliphatic heterocycles. The predicted molar refractivity (Wildman–Crippen MR) is 155 cm³/mol. The van der Waals surface area contributed by atoms with Crippen molar-refractivity contribution in [1.82, 2.24) is 14.8 Å². The maximum absolute atomic E-state index is 15.2. The van der Waals surface area contributed by atoms with E-state index in [9.17, 15) is 10.1 Å². The van der Waals surface area contributed by atoms with Gasteiger partial charge in [0.2, 0.25) is 0 Å². The van der Waals surface area contributed by atoms with E-state index in [0.29, 0.717) is 12.1 Å². The number of hydrogen-bond acceptors (Lipinski definition) is 7. The summed E-state index contributed by atoms with van der Waals surface area (Å²) in [5.41, 5.74) is 2.20. The van der Waals surface area contributed by atoms with Crippen LogP contribution < -0.4 is 10.6 Å². The van der Waals surface area contributed by atoms with Gasteiger partial charge >= 0.3 is 5.97 Å². The second-order valence-corrected chi connectivity index (χ2v) is 10.9. The lowest BCUT2D eigenvalue weighted by Crippen LogP contribution is -2.34. The quantitative estimate of drug-likeness (QED) is 0.218. The topological polar surface area (TPSA) is 105 Å². The number of rotatable bonds is 10. The Hall–Kier alpha value is -4.45. The molecule has 2 N–H and O–H groups in total. The van der Waals surface area contributed by atoms with Gasteiger partial charge in [0.05, 0.1) is 23.7 Å². The first-order valence-electron chi connectivity index (χ1n) is 13.4. The van der Waals surface area contributed by atoms with Crippen molar-refractivity contribution in [2.75, 3.05) is 10.6 Å². The van der Waals surface area contributed by atoms with E-state index in [4.69, 9.17) is 4.74 Å². The molecule has 2 aromatic carbocycles. The summed E-state index contributed by atoms with van der Waals surface area (Å²) in [6, 6.07) is 18.4. The van der Waals surface area contributed by atoms with Gasteiger partial charge in [0.25, 0.3) is 0 Å². The number of hydrogen-bond donors (Lipinski definition) is 2. The zero-order valence-corrected chi connectivity index (χ0v) is 23.5. The number of fused-ring (bicyclic) bond motifs is 1. The molecule has 0 amide bonds. The second-order valence-electron chi connectivity index (χ2n) is 10.9. The van der Waals surface area contributed by atoms with Crippen molar-refractivity contribution in [3.05, 3.63) is 77.7 Å². The Bertz CT molecular complexity index is 1520. The van der Waals surface area contributed by atoms with Crippen molar-refractivity contribution in [1.29, 1.82) is 5.26 Å². The van der Waals surface area contributed by atoms with Crippen LogP contribution in [-0.2, 0) is 22.5 Å². The minimum absolute atomic E-state index is 0.00153. The molecular formula is C31H35FN6O2. The zero-order chi connectivity index (χ0) is 28.9. The summed E-state index contributed by atoms with van der Waals surface area (Å²) in [6.45, 7) is 10.2. The largest absolute Gasteiger partial charge is 0.460 e. The molecular weight excluding hydrogens is 507 g/mol. The standard InChI is InChI=1S/C31H35FN6O2/c1-6-38-27-13-12-24(16-23(27)19-34-38)35-29-22(18-33)17-25(32)30(37-29)36-26(15-21-10-8-7-9-11-21)20(2)14-28(39)40-31(3,4)5/h7-13,16-17,19-20,26H,6,14-15H2,1-5H3,(H2,35,36,37)/t20-,26-/m1/s1. The minimum Gasteiger partial charge on any atom is -0.460 e. The number of halogens is 1. The van der Waals surface area contributed by atoms with Crippen molar-refractivity contribution in [3.8, 4) is 6.07 Å². The van der Waals surface area contributed by atoms with E-state index in [0.717, 1.165) is 23.0 Å². The van der Waals surface area contributed by atoms with Gasteiger partial charge in [-0.2, -0.15) is 10.4 Å². The molecule has 2 atom stereocenters. The number of anilines is 3. The minimum atomic E-state index is -0.649. The number of nitrogens with one attached hydrogen (secondary N) is 2. The summed E-state index contributed by atoms with van der Waals surface area (Å²) in [5.74, 6) is -0.951. The zero-order valence-electron chi connectivity index (χ0n) is 23.5. The second kappa shape index (κ2) is 12.2. The van der Waals surface area contributed by atoms with Gasteiger partial charge in [-0.25, -0.2) is 9.37 Å². The summed E-state index contributed by atoms with van der Waals surface area (Å²) in [6.07, 6.45) is 2.46. The van der Waals surface area contributed by atoms with Crippen LogP contribution in [0.4, 0.5) is 21.7 Å². The maximum atomic E-state index is 15.2. The van der Waals surface area contributed by atoms with Crippen LogP contribution in [0.2, 0.25) is 0 Å². The van der Waals surface area contributed by atoms with E-state index in [1.165, 1.54) is 6.07 Å². The third-order valence-electron chi connectivity index (χ3n) is 6.52. The lowest BCUT2D eigenvalue weighted by Gasteiger charge is -2.27. The van der Waals surface area contributed by atoms with Crippen LogP contribution in [0.3, 0.4) is 0 Å². The first-order valence-corrected chi connectivity index (χ1v) is 13.4. The lowest BCUT2D eigenvalue weighted by molar-refractivity contribution is -0.155. The van der Waals surface area contributed by atoms with Crippen LogP contribution in [0.5, 0.6) is 0 Å². The number of aromatic nitrogens is 3. The van der Waals surface area contributed by atoms with Gasteiger partial charge in [0.1, 0.15) is 11.7 Å². The predicted octanol–water partition coefficient (Wildman–Crippen LogP) is 6.60. The number of aryl methyl sites for hydroxylation is 1. The highest BCUT2D eigenvalue weighted by Gasteiger charge is 2.26. The number of carbonyl (C=O) groups is 1. The fourth-order valence-electron chi connectivity index (χ4n) is 4.55. The Kier molecular flexibility index (Phi) is 8.68. The summed E-state index contributed by atoms with van der Waals surface area (Å²) in [5, 5.41) is 21.4. The molecule has 0 radical (unpaired) electrons. The number of pyridine rings is 1. The highest BCUT2D eigenvalue weighted by molar-refractivity contribution is 5.83. The summed E-state index contributed by atoms with van der Waals surface area (Å²) in [4.78, 5) is 17.1. The molecule has 0 bridgehead atoms. The van der Waals surface area contributed by atoms with Gasteiger partial charge < -0.3 is 15.4 Å². The van der Waals surface area contributed by atoms with Crippen molar-refractivity contribution in [2.24, 2.45) is 5.92 Å². The molecule has 4 aromatic rings. The van der Waals surface area contributed by atoms with E-state index < -0.39 is 11.4 Å². The molecule has 2 heterocycles. The molecule has 4 rings (SSSR count). The van der Waals surface area contributed by atoms with Gasteiger partial charge in [0.15, 0.2) is 17.5 Å². The Morgan fingerprint density at radius 1 is 1.15 bits per heavy atom. The fraction of sp³-hybridized carbons (Fsp3) is 0.355. The summed E-state index contributed by atoms with van der Waals surface area (Å²) < 4.78 is 22.7. The van der Waals surface area contributed by atoms with E-state index in [2.05, 4.69) is 20.7 Å². The molecule has 0 fully saturated rings. The first kappa shape index (κ1) is 28.6. The van der Waals surface area contributed by atoms with Gasteiger partial charge in [-0.1, -0.05) is 37.3 Å². The molecule has 0 saturated heterocycles.